The summed E-state index contributed by atoms with van der Waals surface area (Å²) in [4.78, 5) is 32.2. The SMILES string of the molecule is CC(=O)N1C=Cc2ccccc2[C@@H]1CC(=O)N1CCc2sccc2[C@H]1c1cccs1. The zero-order valence-corrected chi connectivity index (χ0v) is 18.3. The fourth-order valence-electron chi connectivity index (χ4n) is 4.53. The molecule has 0 fully saturated rings. The first kappa shape index (κ1) is 19.3. The molecule has 0 saturated carbocycles. The van der Waals surface area contributed by atoms with Crippen molar-refractivity contribution in [2.24, 2.45) is 0 Å². The zero-order valence-electron chi connectivity index (χ0n) is 16.7. The fraction of sp³-hybridized carbons (Fsp3) is 0.250. The van der Waals surface area contributed by atoms with Crippen LogP contribution in [0.25, 0.3) is 6.08 Å². The molecule has 3 aromatic rings. The molecule has 2 atom stereocenters. The number of amides is 2. The summed E-state index contributed by atoms with van der Waals surface area (Å²) < 4.78 is 0. The summed E-state index contributed by atoms with van der Waals surface area (Å²) in [5, 5.41) is 4.19. The third-order valence-corrected chi connectivity index (χ3v) is 7.86. The number of rotatable bonds is 3. The Labute approximate surface area is 184 Å². The van der Waals surface area contributed by atoms with Crippen LogP contribution in [0.15, 0.2) is 59.4 Å². The van der Waals surface area contributed by atoms with Crippen LogP contribution in [0.3, 0.4) is 0 Å². The summed E-state index contributed by atoms with van der Waals surface area (Å²) in [5.74, 6) is 0.0405. The van der Waals surface area contributed by atoms with Crippen LogP contribution >= 0.6 is 22.7 Å². The van der Waals surface area contributed by atoms with Crippen LogP contribution in [-0.2, 0) is 16.0 Å². The molecular formula is C24H22N2O2S2. The topological polar surface area (TPSA) is 40.6 Å². The Balaban J connectivity index is 1.48. The highest BCUT2D eigenvalue weighted by Gasteiger charge is 2.36. The van der Waals surface area contributed by atoms with Gasteiger partial charge in [0.15, 0.2) is 0 Å². The third kappa shape index (κ3) is 3.30. The molecule has 0 N–H and O–H groups in total. The second-order valence-corrected chi connectivity index (χ2v) is 9.63. The molecule has 0 unspecified atom stereocenters. The van der Waals surface area contributed by atoms with Gasteiger partial charge in [-0.1, -0.05) is 30.3 Å². The van der Waals surface area contributed by atoms with Crippen LogP contribution in [0.1, 0.15) is 51.9 Å². The molecule has 2 amide bonds. The maximum absolute atomic E-state index is 13.7. The van der Waals surface area contributed by atoms with Crippen molar-refractivity contribution in [3.8, 4) is 0 Å². The quantitative estimate of drug-likeness (QED) is 0.565. The maximum Gasteiger partial charge on any atom is 0.225 e. The smallest absolute Gasteiger partial charge is 0.225 e. The number of benzene rings is 1. The molecular weight excluding hydrogens is 412 g/mol. The first-order valence-electron chi connectivity index (χ1n) is 10.1. The van der Waals surface area contributed by atoms with Gasteiger partial charge in [-0.05, 0) is 52.1 Å². The average Bonchev–Trinajstić information content (AvgIpc) is 3.45. The minimum Gasteiger partial charge on any atom is -0.330 e. The molecule has 152 valence electrons. The minimum absolute atomic E-state index is 0.0346. The summed E-state index contributed by atoms with van der Waals surface area (Å²) in [6.07, 6.45) is 4.93. The van der Waals surface area contributed by atoms with Crippen molar-refractivity contribution >= 4 is 40.6 Å². The molecule has 2 aliphatic rings. The number of hydrogen-bond donors (Lipinski definition) is 0. The van der Waals surface area contributed by atoms with E-state index in [0.29, 0.717) is 6.54 Å². The van der Waals surface area contributed by atoms with E-state index in [1.807, 2.05) is 47.5 Å². The van der Waals surface area contributed by atoms with E-state index < -0.39 is 0 Å². The van der Waals surface area contributed by atoms with Crippen molar-refractivity contribution in [2.45, 2.75) is 31.8 Å². The summed E-state index contributed by atoms with van der Waals surface area (Å²) in [5.41, 5.74) is 3.35. The lowest BCUT2D eigenvalue weighted by atomic mass is 9.92. The lowest BCUT2D eigenvalue weighted by molar-refractivity contribution is -0.136. The van der Waals surface area contributed by atoms with E-state index >= 15 is 0 Å². The Bertz CT molecular complexity index is 1120. The molecule has 4 heterocycles. The average molecular weight is 435 g/mol. The van der Waals surface area contributed by atoms with Gasteiger partial charge in [0.25, 0.3) is 0 Å². The van der Waals surface area contributed by atoms with E-state index in [-0.39, 0.29) is 30.3 Å². The molecule has 2 aromatic heterocycles. The molecule has 0 radical (unpaired) electrons. The first-order chi connectivity index (χ1) is 14.6. The number of fused-ring (bicyclic) bond motifs is 2. The third-order valence-electron chi connectivity index (χ3n) is 5.94. The molecule has 4 nitrogen and oxygen atoms in total. The van der Waals surface area contributed by atoms with Gasteiger partial charge in [0.2, 0.25) is 11.8 Å². The van der Waals surface area contributed by atoms with Crippen LogP contribution in [0.5, 0.6) is 0 Å². The van der Waals surface area contributed by atoms with Crippen molar-refractivity contribution in [3.63, 3.8) is 0 Å². The summed E-state index contributed by atoms with van der Waals surface area (Å²) >= 11 is 3.47. The first-order valence-corrected chi connectivity index (χ1v) is 11.8. The van der Waals surface area contributed by atoms with E-state index in [4.69, 9.17) is 0 Å². The molecule has 0 spiro atoms. The van der Waals surface area contributed by atoms with Gasteiger partial charge in [-0.3, -0.25) is 9.59 Å². The van der Waals surface area contributed by atoms with Crippen LogP contribution in [-0.4, -0.2) is 28.2 Å². The number of nitrogens with zero attached hydrogens (tertiary/aromatic N) is 2. The van der Waals surface area contributed by atoms with Gasteiger partial charge in [-0.15, -0.1) is 22.7 Å². The van der Waals surface area contributed by atoms with Crippen molar-refractivity contribution in [1.29, 1.82) is 0 Å². The van der Waals surface area contributed by atoms with Gasteiger partial charge in [0.1, 0.15) is 0 Å². The van der Waals surface area contributed by atoms with Crippen molar-refractivity contribution in [1.82, 2.24) is 9.80 Å². The molecule has 6 heteroatoms. The largest absolute Gasteiger partial charge is 0.330 e. The number of carbonyl (C=O) groups is 2. The Morgan fingerprint density at radius 2 is 1.90 bits per heavy atom. The molecule has 0 saturated heterocycles. The summed E-state index contributed by atoms with van der Waals surface area (Å²) in [7, 11) is 0. The zero-order chi connectivity index (χ0) is 20.7. The Morgan fingerprint density at radius 1 is 1.03 bits per heavy atom. The van der Waals surface area contributed by atoms with Crippen molar-refractivity contribution in [3.05, 3.63) is 85.9 Å². The van der Waals surface area contributed by atoms with E-state index in [1.165, 1.54) is 15.3 Å². The van der Waals surface area contributed by atoms with Crippen LogP contribution in [0.2, 0.25) is 0 Å². The Hall–Kier alpha value is -2.70. The van der Waals surface area contributed by atoms with Gasteiger partial charge < -0.3 is 9.80 Å². The van der Waals surface area contributed by atoms with Crippen LogP contribution in [0, 0.1) is 0 Å². The van der Waals surface area contributed by atoms with Gasteiger partial charge in [-0.25, -0.2) is 0 Å². The van der Waals surface area contributed by atoms with Gasteiger partial charge in [-0.2, -0.15) is 0 Å². The molecule has 5 rings (SSSR count). The number of thiophene rings is 2. The molecule has 30 heavy (non-hydrogen) atoms. The van der Waals surface area contributed by atoms with E-state index in [0.717, 1.165) is 17.5 Å². The highest BCUT2D eigenvalue weighted by molar-refractivity contribution is 7.10. The maximum atomic E-state index is 13.7. The second-order valence-electron chi connectivity index (χ2n) is 7.65. The van der Waals surface area contributed by atoms with E-state index in [1.54, 1.807) is 34.5 Å². The van der Waals surface area contributed by atoms with Gasteiger partial charge in [0, 0.05) is 29.4 Å². The monoisotopic (exact) mass is 434 g/mol. The van der Waals surface area contributed by atoms with E-state index in [9.17, 15) is 9.59 Å². The molecule has 0 bridgehead atoms. The van der Waals surface area contributed by atoms with Crippen molar-refractivity contribution in [2.75, 3.05) is 6.54 Å². The molecule has 2 aliphatic heterocycles. The van der Waals surface area contributed by atoms with Crippen molar-refractivity contribution < 1.29 is 9.59 Å². The standard InChI is InChI=1S/C24H22N2O2S2/c1-16(27)25-11-8-17-5-2-3-6-18(17)20(25)15-23(28)26-12-9-21-19(10-14-30-21)24(26)22-7-4-13-29-22/h2-8,10-11,13-14,20,24H,9,12,15H2,1H3/t20-,24-/m0/s1. The lowest BCUT2D eigenvalue weighted by Crippen LogP contribution is -2.42. The predicted octanol–water partition coefficient (Wildman–Crippen LogP) is 5.25. The summed E-state index contributed by atoms with van der Waals surface area (Å²) in [6.45, 7) is 2.27. The minimum atomic E-state index is -0.274. The van der Waals surface area contributed by atoms with Crippen LogP contribution < -0.4 is 0 Å². The predicted molar refractivity (Wildman–Crippen MR) is 121 cm³/mol. The lowest BCUT2D eigenvalue weighted by Gasteiger charge is -2.38. The normalized spacial score (nSPS) is 20.0. The van der Waals surface area contributed by atoms with E-state index in [2.05, 4.69) is 22.9 Å². The van der Waals surface area contributed by atoms with Crippen LogP contribution in [0.4, 0.5) is 0 Å². The van der Waals surface area contributed by atoms with Gasteiger partial charge >= 0.3 is 0 Å². The highest BCUT2D eigenvalue weighted by Crippen LogP contribution is 2.41. The summed E-state index contributed by atoms with van der Waals surface area (Å²) in [6, 6.07) is 14.0. The highest BCUT2D eigenvalue weighted by atomic mass is 32.1. The second kappa shape index (κ2) is 7.85. The van der Waals surface area contributed by atoms with Gasteiger partial charge in [0.05, 0.1) is 18.5 Å². The molecule has 1 aromatic carbocycles. The Morgan fingerprint density at radius 3 is 2.70 bits per heavy atom. The fourth-order valence-corrected chi connectivity index (χ4v) is 6.29. The molecule has 0 aliphatic carbocycles. The number of carbonyl (C=O) groups excluding carboxylic acids is 2. The Kier molecular flexibility index (Phi) is 5.05. The number of hydrogen-bond acceptors (Lipinski definition) is 4.